The van der Waals surface area contributed by atoms with Gasteiger partial charge in [0.05, 0.1) is 0 Å². The molecule has 0 aromatic carbocycles. The molecule has 2 saturated carbocycles. The van der Waals surface area contributed by atoms with E-state index in [0.29, 0.717) is 23.4 Å². The van der Waals surface area contributed by atoms with Crippen LogP contribution in [0, 0.1) is 25.1 Å². The Morgan fingerprint density at radius 3 is 1.19 bits per heavy atom. The summed E-state index contributed by atoms with van der Waals surface area (Å²) in [5.41, 5.74) is 4.59. The summed E-state index contributed by atoms with van der Waals surface area (Å²) in [6, 6.07) is 0. The predicted octanol–water partition coefficient (Wildman–Crippen LogP) is 5.35. The first-order valence-electron chi connectivity index (χ1n) is 9.02. The number of hydrogen-bond acceptors (Lipinski definition) is 2. The van der Waals surface area contributed by atoms with Gasteiger partial charge in [-0.2, -0.15) is 0 Å². The van der Waals surface area contributed by atoms with Crippen LogP contribution < -0.4 is 0 Å². The maximum atomic E-state index is 11.4. The molecule has 5 heteroatoms. The summed E-state index contributed by atoms with van der Waals surface area (Å²) < 4.78 is 15.0. The van der Waals surface area contributed by atoms with Crippen LogP contribution >= 0.6 is 0 Å². The van der Waals surface area contributed by atoms with Crippen LogP contribution in [0.2, 0.25) is 0 Å². The third-order valence-electron chi connectivity index (χ3n) is 4.72. The fourth-order valence-electron chi connectivity index (χ4n) is 3.20. The zero-order valence-corrected chi connectivity index (χ0v) is 19.4. The molecular weight excluding hydrogens is 424 g/mol. The van der Waals surface area contributed by atoms with E-state index in [2.05, 4.69) is 27.1 Å². The van der Waals surface area contributed by atoms with Crippen LogP contribution in [0.15, 0.2) is 22.3 Å². The molecule has 150 valence electrons. The van der Waals surface area contributed by atoms with Gasteiger partial charge in [0, 0.05) is 33.9 Å². The van der Waals surface area contributed by atoms with Gasteiger partial charge in [-0.1, -0.05) is 25.0 Å². The van der Waals surface area contributed by atoms with Crippen molar-refractivity contribution in [1.29, 1.82) is 0 Å². The van der Waals surface area contributed by atoms with E-state index in [0.717, 1.165) is 36.8 Å². The second kappa shape index (κ2) is 17.1. The average molecular weight is 456 g/mol. The molecular formula is C22H32MoO4. The molecule has 2 aliphatic rings. The van der Waals surface area contributed by atoms with Gasteiger partial charge in [-0.15, -0.1) is 0 Å². The molecule has 0 aromatic heterocycles. The molecule has 0 N–H and O–H groups in total. The molecule has 0 spiro atoms. The average Bonchev–Trinajstić information content (AvgIpc) is 2.58. The van der Waals surface area contributed by atoms with E-state index in [1.165, 1.54) is 24.0 Å². The maximum Gasteiger partial charge on any atom is 0 e. The third-order valence-corrected chi connectivity index (χ3v) is 4.72. The fraction of sp³-hybridized carbons (Fsp3) is 0.636. The summed E-state index contributed by atoms with van der Waals surface area (Å²) in [5, 5.41) is 0. The molecule has 0 saturated heterocycles. The fourth-order valence-corrected chi connectivity index (χ4v) is 3.20. The van der Waals surface area contributed by atoms with Gasteiger partial charge in [-0.25, -0.2) is 0 Å². The Kier molecular flexibility index (Phi) is 19.5. The van der Waals surface area contributed by atoms with Crippen molar-refractivity contribution in [2.24, 2.45) is 11.8 Å². The van der Waals surface area contributed by atoms with Crippen molar-refractivity contribution in [1.82, 2.24) is 0 Å². The molecule has 2 fully saturated rings. The molecule has 0 unspecified atom stereocenters. The first-order valence-corrected chi connectivity index (χ1v) is 9.02. The zero-order chi connectivity index (χ0) is 20.9. The first-order chi connectivity index (χ1) is 12.2. The molecule has 0 bridgehead atoms. The Bertz CT molecular complexity index is 522. The standard InChI is InChI=1S/2C10H16O.2CO.Mo/c2*1-7(2)9-5-4-8(3)6-10(9)11;2*1-2;/h2*8H,4-6H2,1-3H3;;;/t2*8-;;;/m11.../s1. The molecule has 2 atom stereocenters. The number of carbonyl (C=O) groups excluding carboxylic acids is 2. The van der Waals surface area contributed by atoms with Crippen molar-refractivity contribution in [3.05, 3.63) is 35.6 Å². The number of ketones is 2. The Morgan fingerprint density at radius 2 is 1.00 bits per heavy atom. The van der Waals surface area contributed by atoms with Crippen LogP contribution in [0.25, 0.3) is 0 Å². The van der Waals surface area contributed by atoms with Crippen LogP contribution in [-0.2, 0) is 40.0 Å². The second-order valence-corrected chi connectivity index (χ2v) is 7.50. The Labute approximate surface area is 179 Å². The minimum Gasteiger partial charge on any atom is 0 e. The van der Waals surface area contributed by atoms with Crippen molar-refractivity contribution in [3.63, 3.8) is 0 Å². The summed E-state index contributed by atoms with van der Waals surface area (Å²) >= 11 is 0. The van der Waals surface area contributed by atoms with E-state index in [-0.39, 0.29) is 21.1 Å². The van der Waals surface area contributed by atoms with Gasteiger partial charge in [0.15, 0.2) is 11.6 Å². The Balaban J connectivity index is -0.000000349. The van der Waals surface area contributed by atoms with Crippen molar-refractivity contribution >= 4 is 11.6 Å². The summed E-state index contributed by atoms with van der Waals surface area (Å²) in [7, 11) is 0. The van der Waals surface area contributed by atoms with E-state index in [1.807, 2.05) is 27.7 Å². The first kappa shape index (κ1) is 30.7. The molecule has 0 amide bonds. The summed E-state index contributed by atoms with van der Waals surface area (Å²) in [5.74, 6) is 1.96. The second-order valence-electron chi connectivity index (χ2n) is 7.50. The smallest absolute Gasteiger partial charge is 0 e. The summed E-state index contributed by atoms with van der Waals surface area (Å²) in [6.07, 6.45) is 5.91. The zero-order valence-electron chi connectivity index (χ0n) is 17.4. The Morgan fingerprint density at radius 1 is 0.741 bits per heavy atom. The van der Waals surface area contributed by atoms with Crippen molar-refractivity contribution in [2.75, 3.05) is 0 Å². The molecule has 0 radical (unpaired) electrons. The van der Waals surface area contributed by atoms with Crippen LogP contribution in [0.1, 0.15) is 80.1 Å². The van der Waals surface area contributed by atoms with Crippen molar-refractivity contribution < 1.29 is 40.0 Å². The molecule has 0 aliphatic heterocycles. The largest absolute Gasteiger partial charge is 0 e. The molecule has 2 aliphatic carbocycles. The van der Waals surface area contributed by atoms with Gasteiger partial charge in [0.25, 0.3) is 0 Å². The van der Waals surface area contributed by atoms with Gasteiger partial charge in [-0.05, 0) is 76.4 Å². The normalized spacial score (nSPS) is 21.0. The van der Waals surface area contributed by atoms with Gasteiger partial charge in [-0.3, -0.25) is 9.59 Å². The molecule has 0 heterocycles. The third kappa shape index (κ3) is 12.1. The van der Waals surface area contributed by atoms with Crippen LogP contribution in [-0.4, -0.2) is 11.6 Å². The number of allylic oxidation sites excluding steroid dienone is 4. The SMILES string of the molecule is CC(C)=C1CC[C@@H](C)CC1=O.CC(C)=C1CC[C@@H](C)CC1=O.[C-]#[O+].[C-]#[O+].[Mo]. The van der Waals surface area contributed by atoms with E-state index < -0.39 is 0 Å². The topological polar surface area (TPSA) is 73.9 Å². The Hall–Kier alpha value is -1.01. The number of rotatable bonds is 0. The number of carbonyl (C=O) groups is 2. The molecule has 2 rings (SSSR count). The van der Waals surface area contributed by atoms with E-state index >= 15 is 0 Å². The van der Waals surface area contributed by atoms with Gasteiger partial charge < -0.3 is 0 Å². The minimum absolute atomic E-state index is 0. The van der Waals surface area contributed by atoms with Crippen molar-refractivity contribution in [2.45, 2.75) is 80.1 Å². The van der Waals surface area contributed by atoms with Gasteiger partial charge in [0.2, 0.25) is 0 Å². The molecule has 4 nitrogen and oxygen atoms in total. The van der Waals surface area contributed by atoms with Crippen LogP contribution in [0.4, 0.5) is 0 Å². The van der Waals surface area contributed by atoms with Crippen LogP contribution in [0.5, 0.6) is 0 Å². The van der Waals surface area contributed by atoms with Crippen LogP contribution in [0.3, 0.4) is 0 Å². The van der Waals surface area contributed by atoms with Gasteiger partial charge >= 0.3 is 22.6 Å². The predicted molar refractivity (Wildman–Crippen MR) is 101 cm³/mol. The summed E-state index contributed by atoms with van der Waals surface area (Å²) in [4.78, 5) is 22.8. The van der Waals surface area contributed by atoms with E-state index in [4.69, 9.17) is 9.30 Å². The number of Topliss-reactive ketones (excluding diaryl/α,β-unsaturated/α-hetero) is 2. The molecule has 27 heavy (non-hydrogen) atoms. The summed E-state index contributed by atoms with van der Waals surface area (Å²) in [6.45, 7) is 21.4. The molecule has 0 aromatic rings. The quantitative estimate of drug-likeness (QED) is 0.213. The van der Waals surface area contributed by atoms with E-state index in [1.54, 1.807) is 0 Å². The minimum atomic E-state index is 0. The number of hydrogen-bond donors (Lipinski definition) is 0. The van der Waals surface area contributed by atoms with E-state index in [9.17, 15) is 9.59 Å². The van der Waals surface area contributed by atoms with Gasteiger partial charge in [0.1, 0.15) is 0 Å². The van der Waals surface area contributed by atoms with Crippen molar-refractivity contribution in [3.8, 4) is 0 Å². The maximum absolute atomic E-state index is 11.4. The monoisotopic (exact) mass is 458 g/mol.